The molecule has 3 nitrogen and oxygen atoms in total. The summed E-state index contributed by atoms with van der Waals surface area (Å²) in [6.45, 7) is 0.418. The van der Waals surface area contributed by atoms with Gasteiger partial charge in [-0.05, 0) is 52.9 Å². The average molecular weight is 353 g/mol. The number of halogens is 1. The molecule has 1 aliphatic rings. The molecule has 0 amide bonds. The van der Waals surface area contributed by atoms with E-state index in [0.29, 0.717) is 12.1 Å². The maximum absolute atomic E-state index is 13.2. The summed E-state index contributed by atoms with van der Waals surface area (Å²) < 4.78 is 40.7. The molecule has 3 rings (SSSR count). The summed E-state index contributed by atoms with van der Waals surface area (Å²) in [5.41, 5.74) is 1.61. The Morgan fingerprint density at radius 1 is 1.22 bits per heavy atom. The van der Waals surface area contributed by atoms with E-state index in [2.05, 4.69) is 16.2 Å². The number of rotatable bonds is 6. The van der Waals surface area contributed by atoms with E-state index in [-0.39, 0.29) is 11.2 Å². The van der Waals surface area contributed by atoms with E-state index in [1.54, 1.807) is 17.4 Å². The third-order valence-electron chi connectivity index (χ3n) is 4.57. The molecule has 0 bridgehead atoms. The van der Waals surface area contributed by atoms with Gasteiger partial charge in [0.25, 0.3) is 0 Å². The summed E-state index contributed by atoms with van der Waals surface area (Å²) in [6.07, 6.45) is 4.27. The SMILES string of the molecule is O=S(=O)(Cc1cccc(F)c1)NCC1(c2ccsc2)CCCC1. The number of thiophene rings is 1. The normalized spacial score (nSPS) is 17.4. The first-order valence-corrected chi connectivity index (χ1v) is 10.3. The number of hydrogen-bond acceptors (Lipinski definition) is 3. The lowest BCUT2D eigenvalue weighted by Gasteiger charge is -2.28. The molecular weight excluding hydrogens is 333 g/mol. The van der Waals surface area contributed by atoms with Crippen molar-refractivity contribution in [2.75, 3.05) is 6.54 Å². The standard InChI is InChI=1S/C17H20FNO2S2/c18-16-5-3-4-14(10-16)12-23(20,21)19-13-17(7-1-2-8-17)15-6-9-22-11-15/h3-6,9-11,19H,1-2,7-8,12-13H2. The second kappa shape index (κ2) is 6.71. The van der Waals surface area contributed by atoms with Crippen LogP contribution in [-0.4, -0.2) is 15.0 Å². The summed E-state index contributed by atoms with van der Waals surface area (Å²) >= 11 is 1.64. The largest absolute Gasteiger partial charge is 0.215 e. The fourth-order valence-electron chi connectivity index (χ4n) is 3.33. The summed E-state index contributed by atoms with van der Waals surface area (Å²) in [5.74, 6) is -0.604. The van der Waals surface area contributed by atoms with Crippen LogP contribution in [0.3, 0.4) is 0 Å². The van der Waals surface area contributed by atoms with E-state index in [9.17, 15) is 12.8 Å². The van der Waals surface area contributed by atoms with Crippen LogP contribution in [0.15, 0.2) is 41.1 Å². The van der Waals surface area contributed by atoms with Crippen molar-refractivity contribution in [2.45, 2.75) is 36.9 Å². The van der Waals surface area contributed by atoms with Crippen molar-refractivity contribution >= 4 is 21.4 Å². The first-order valence-electron chi connectivity index (χ1n) is 7.74. The predicted octanol–water partition coefficient (Wildman–Crippen LogP) is 3.82. The molecule has 1 heterocycles. The molecule has 1 aromatic carbocycles. The van der Waals surface area contributed by atoms with Crippen LogP contribution in [0.2, 0.25) is 0 Å². The van der Waals surface area contributed by atoms with Crippen molar-refractivity contribution < 1.29 is 12.8 Å². The van der Waals surface area contributed by atoms with Gasteiger partial charge in [0.15, 0.2) is 0 Å². The first-order chi connectivity index (χ1) is 11.0. The molecule has 2 aromatic rings. The van der Waals surface area contributed by atoms with Gasteiger partial charge < -0.3 is 0 Å². The highest BCUT2D eigenvalue weighted by atomic mass is 32.2. The second-order valence-corrected chi connectivity index (χ2v) is 8.80. The molecule has 0 atom stereocenters. The fraction of sp³-hybridized carbons (Fsp3) is 0.412. The minimum absolute atomic E-state index is 0.0883. The average Bonchev–Trinajstić information content (AvgIpc) is 3.17. The Hall–Kier alpha value is -1.24. The van der Waals surface area contributed by atoms with E-state index in [0.717, 1.165) is 25.7 Å². The van der Waals surface area contributed by atoms with Gasteiger partial charge in [-0.15, -0.1) is 0 Å². The molecule has 1 aromatic heterocycles. The van der Waals surface area contributed by atoms with Gasteiger partial charge in [0.05, 0.1) is 5.75 Å². The lowest BCUT2D eigenvalue weighted by molar-refractivity contribution is 0.433. The molecule has 1 fully saturated rings. The molecule has 23 heavy (non-hydrogen) atoms. The Bertz CT molecular complexity index is 751. The second-order valence-electron chi connectivity index (χ2n) is 6.21. The molecule has 0 aliphatic heterocycles. The van der Waals surface area contributed by atoms with Gasteiger partial charge in [-0.2, -0.15) is 11.3 Å². The van der Waals surface area contributed by atoms with Gasteiger partial charge >= 0.3 is 0 Å². The van der Waals surface area contributed by atoms with Crippen LogP contribution in [-0.2, 0) is 21.2 Å². The fourth-order valence-corrected chi connectivity index (χ4v) is 5.33. The third-order valence-corrected chi connectivity index (χ3v) is 6.55. The van der Waals surface area contributed by atoms with Gasteiger partial charge in [-0.3, -0.25) is 0 Å². The maximum Gasteiger partial charge on any atom is 0.215 e. The van der Waals surface area contributed by atoms with Gasteiger partial charge in [0.1, 0.15) is 5.82 Å². The van der Waals surface area contributed by atoms with E-state index >= 15 is 0 Å². The maximum atomic E-state index is 13.2. The summed E-state index contributed by atoms with van der Waals surface area (Å²) in [6, 6.07) is 7.84. The van der Waals surface area contributed by atoms with Crippen LogP contribution in [0.1, 0.15) is 36.8 Å². The summed E-state index contributed by atoms with van der Waals surface area (Å²) in [7, 11) is -3.48. The smallest absolute Gasteiger partial charge is 0.214 e. The minimum atomic E-state index is -3.48. The van der Waals surface area contributed by atoms with Crippen molar-refractivity contribution in [2.24, 2.45) is 0 Å². The highest BCUT2D eigenvalue weighted by Gasteiger charge is 2.36. The molecule has 1 saturated carbocycles. The van der Waals surface area contributed by atoms with E-state index < -0.39 is 15.8 Å². The van der Waals surface area contributed by atoms with E-state index in [1.165, 1.54) is 23.8 Å². The molecule has 6 heteroatoms. The topological polar surface area (TPSA) is 46.2 Å². The number of nitrogens with one attached hydrogen (secondary N) is 1. The zero-order chi connectivity index (χ0) is 16.3. The van der Waals surface area contributed by atoms with Crippen LogP contribution in [0.25, 0.3) is 0 Å². The molecule has 0 spiro atoms. The lowest BCUT2D eigenvalue weighted by atomic mass is 9.81. The predicted molar refractivity (Wildman–Crippen MR) is 91.5 cm³/mol. The van der Waals surface area contributed by atoms with Crippen molar-refractivity contribution in [1.82, 2.24) is 4.72 Å². The summed E-state index contributed by atoms with van der Waals surface area (Å²) in [4.78, 5) is 0. The molecule has 0 radical (unpaired) electrons. The minimum Gasteiger partial charge on any atom is -0.214 e. The van der Waals surface area contributed by atoms with Crippen LogP contribution in [0.4, 0.5) is 4.39 Å². The zero-order valence-electron chi connectivity index (χ0n) is 12.8. The first kappa shape index (κ1) is 16.6. The van der Waals surface area contributed by atoms with Crippen LogP contribution >= 0.6 is 11.3 Å². The quantitative estimate of drug-likeness (QED) is 0.858. The van der Waals surface area contributed by atoms with Crippen LogP contribution < -0.4 is 4.72 Å². The number of sulfonamides is 1. The molecule has 0 unspecified atom stereocenters. The number of hydrogen-bond donors (Lipinski definition) is 1. The van der Waals surface area contributed by atoms with Crippen LogP contribution in [0.5, 0.6) is 0 Å². The Morgan fingerprint density at radius 3 is 2.65 bits per heavy atom. The molecule has 1 N–H and O–H groups in total. The Labute approximate surface area is 140 Å². The van der Waals surface area contributed by atoms with Gasteiger partial charge in [-0.1, -0.05) is 25.0 Å². The van der Waals surface area contributed by atoms with Crippen molar-refractivity contribution in [1.29, 1.82) is 0 Å². The Kier molecular flexibility index (Phi) is 4.85. The molecule has 124 valence electrons. The van der Waals surface area contributed by atoms with Crippen LogP contribution in [0, 0.1) is 5.82 Å². The highest BCUT2D eigenvalue weighted by molar-refractivity contribution is 7.88. The van der Waals surface area contributed by atoms with E-state index in [1.807, 2.05) is 5.38 Å². The summed E-state index contributed by atoms with van der Waals surface area (Å²) in [5, 5.41) is 4.16. The van der Waals surface area contributed by atoms with Gasteiger partial charge in [0, 0.05) is 12.0 Å². The number of benzene rings is 1. The molecular formula is C17H20FNO2S2. The van der Waals surface area contributed by atoms with Gasteiger partial charge in [0.2, 0.25) is 10.0 Å². The lowest BCUT2D eigenvalue weighted by Crippen LogP contribution is -2.39. The Morgan fingerprint density at radius 2 is 2.00 bits per heavy atom. The Balaban J connectivity index is 1.70. The van der Waals surface area contributed by atoms with Crippen molar-refractivity contribution in [3.8, 4) is 0 Å². The molecule has 1 aliphatic carbocycles. The van der Waals surface area contributed by atoms with Crippen molar-refractivity contribution in [3.63, 3.8) is 0 Å². The highest BCUT2D eigenvalue weighted by Crippen LogP contribution is 2.41. The monoisotopic (exact) mass is 353 g/mol. The zero-order valence-corrected chi connectivity index (χ0v) is 14.4. The third kappa shape index (κ3) is 4.00. The van der Waals surface area contributed by atoms with Gasteiger partial charge in [-0.25, -0.2) is 17.5 Å². The van der Waals surface area contributed by atoms with Crippen molar-refractivity contribution in [3.05, 3.63) is 58.0 Å². The van der Waals surface area contributed by atoms with E-state index in [4.69, 9.17) is 0 Å². The molecule has 0 saturated heterocycles.